The minimum Gasteiger partial charge on any atom is -0.354 e. The highest BCUT2D eigenvalue weighted by molar-refractivity contribution is 7.98. The summed E-state index contributed by atoms with van der Waals surface area (Å²) in [6, 6.07) is 10.6. The standard InChI is InChI=1S/C16H17N3S2/c1-3-17-16-18-14-13(8-9-20-14)15(19-16)21-10-12-7-5-4-6-11(12)2/h4-9H,3,10H2,1-2H3,(H,17,18,19). The van der Waals surface area contributed by atoms with Gasteiger partial charge in [0.2, 0.25) is 5.95 Å². The third-order valence-electron chi connectivity index (χ3n) is 3.25. The van der Waals surface area contributed by atoms with Crippen LogP contribution in [0.5, 0.6) is 0 Å². The van der Waals surface area contributed by atoms with Gasteiger partial charge in [-0.2, -0.15) is 0 Å². The van der Waals surface area contributed by atoms with Crippen molar-refractivity contribution in [2.24, 2.45) is 0 Å². The summed E-state index contributed by atoms with van der Waals surface area (Å²) in [5.74, 6) is 1.65. The third kappa shape index (κ3) is 3.19. The lowest BCUT2D eigenvalue weighted by atomic mass is 10.1. The van der Waals surface area contributed by atoms with Crippen LogP contribution < -0.4 is 5.32 Å². The molecule has 0 bridgehead atoms. The summed E-state index contributed by atoms with van der Waals surface area (Å²) in [5, 5.41) is 7.50. The van der Waals surface area contributed by atoms with Crippen molar-refractivity contribution >= 4 is 39.3 Å². The number of nitrogens with one attached hydrogen (secondary N) is 1. The van der Waals surface area contributed by atoms with Crippen LogP contribution in [0.25, 0.3) is 10.2 Å². The van der Waals surface area contributed by atoms with E-state index in [1.165, 1.54) is 11.1 Å². The van der Waals surface area contributed by atoms with Gasteiger partial charge in [-0.1, -0.05) is 24.3 Å². The Bertz CT molecular complexity index is 752. The smallest absolute Gasteiger partial charge is 0.225 e. The molecule has 0 radical (unpaired) electrons. The van der Waals surface area contributed by atoms with E-state index in [4.69, 9.17) is 0 Å². The first kappa shape index (κ1) is 14.4. The van der Waals surface area contributed by atoms with Crippen LogP contribution in [0.4, 0.5) is 5.95 Å². The molecule has 0 aliphatic heterocycles. The number of rotatable bonds is 5. The summed E-state index contributed by atoms with van der Waals surface area (Å²) < 4.78 is 0. The van der Waals surface area contributed by atoms with Gasteiger partial charge in [-0.05, 0) is 36.4 Å². The number of anilines is 1. The molecule has 0 aliphatic carbocycles. The predicted octanol–water partition coefficient (Wildman–Crippen LogP) is 4.72. The summed E-state index contributed by atoms with van der Waals surface area (Å²) in [4.78, 5) is 10.2. The molecule has 0 atom stereocenters. The molecule has 0 amide bonds. The lowest BCUT2D eigenvalue weighted by Gasteiger charge is -2.08. The van der Waals surface area contributed by atoms with E-state index in [-0.39, 0.29) is 0 Å². The minimum atomic E-state index is 0.722. The Labute approximate surface area is 132 Å². The highest BCUT2D eigenvalue weighted by Gasteiger charge is 2.10. The maximum atomic E-state index is 4.65. The first-order chi connectivity index (χ1) is 10.3. The molecule has 0 saturated carbocycles. The molecule has 21 heavy (non-hydrogen) atoms. The van der Waals surface area contributed by atoms with Gasteiger partial charge in [-0.3, -0.25) is 0 Å². The maximum absolute atomic E-state index is 4.65. The Morgan fingerprint density at radius 2 is 2.05 bits per heavy atom. The third-order valence-corrected chi connectivity index (χ3v) is 5.10. The number of hydrogen-bond acceptors (Lipinski definition) is 5. The molecule has 5 heteroatoms. The quantitative estimate of drug-likeness (QED) is 0.546. The van der Waals surface area contributed by atoms with Crippen LogP contribution in [-0.4, -0.2) is 16.5 Å². The summed E-state index contributed by atoms with van der Waals surface area (Å²) in [5.41, 5.74) is 2.68. The van der Waals surface area contributed by atoms with Gasteiger partial charge in [0, 0.05) is 17.7 Å². The van der Waals surface area contributed by atoms with Gasteiger partial charge in [0.15, 0.2) is 0 Å². The van der Waals surface area contributed by atoms with E-state index in [0.717, 1.165) is 33.5 Å². The molecule has 0 fully saturated rings. The van der Waals surface area contributed by atoms with Crippen LogP contribution in [0.15, 0.2) is 40.7 Å². The van der Waals surface area contributed by atoms with E-state index >= 15 is 0 Å². The summed E-state index contributed by atoms with van der Waals surface area (Å²) >= 11 is 3.44. The Morgan fingerprint density at radius 1 is 1.19 bits per heavy atom. The molecule has 0 unspecified atom stereocenters. The average Bonchev–Trinajstić information content (AvgIpc) is 2.95. The number of nitrogens with zero attached hydrogens (tertiary/aromatic N) is 2. The van der Waals surface area contributed by atoms with Crippen LogP contribution in [0.2, 0.25) is 0 Å². The zero-order valence-corrected chi connectivity index (χ0v) is 13.7. The number of aryl methyl sites for hydroxylation is 1. The molecule has 2 heterocycles. The predicted molar refractivity (Wildman–Crippen MR) is 92.3 cm³/mol. The molecule has 0 saturated heterocycles. The van der Waals surface area contributed by atoms with Gasteiger partial charge in [-0.25, -0.2) is 9.97 Å². The largest absolute Gasteiger partial charge is 0.354 e. The molecule has 108 valence electrons. The van der Waals surface area contributed by atoms with Crippen molar-refractivity contribution < 1.29 is 0 Å². The Morgan fingerprint density at radius 3 is 2.86 bits per heavy atom. The highest BCUT2D eigenvalue weighted by atomic mass is 32.2. The van der Waals surface area contributed by atoms with Gasteiger partial charge in [0.05, 0.1) is 0 Å². The molecular weight excluding hydrogens is 298 g/mol. The van der Waals surface area contributed by atoms with Crippen molar-refractivity contribution in [1.82, 2.24) is 9.97 Å². The monoisotopic (exact) mass is 315 g/mol. The number of thiophene rings is 1. The number of thioether (sulfide) groups is 1. The van der Waals surface area contributed by atoms with E-state index in [9.17, 15) is 0 Å². The molecule has 3 aromatic rings. The SMILES string of the molecule is CCNc1nc(SCc2ccccc2C)c2ccsc2n1. The molecule has 3 nitrogen and oxygen atoms in total. The summed E-state index contributed by atoms with van der Waals surface area (Å²) in [6.07, 6.45) is 0. The molecule has 0 spiro atoms. The Hall–Kier alpha value is -1.59. The second-order valence-electron chi connectivity index (χ2n) is 4.74. The van der Waals surface area contributed by atoms with E-state index in [2.05, 4.69) is 64.8 Å². The zero-order valence-electron chi connectivity index (χ0n) is 12.1. The van der Waals surface area contributed by atoms with Crippen LogP contribution in [-0.2, 0) is 5.75 Å². The first-order valence-electron chi connectivity index (χ1n) is 6.94. The molecular formula is C16H17N3S2. The molecule has 3 rings (SSSR count). The van der Waals surface area contributed by atoms with Gasteiger partial charge in [0.25, 0.3) is 0 Å². The lowest BCUT2D eigenvalue weighted by Crippen LogP contribution is -2.02. The van der Waals surface area contributed by atoms with Crippen molar-refractivity contribution in [3.63, 3.8) is 0 Å². The van der Waals surface area contributed by atoms with Crippen molar-refractivity contribution in [2.45, 2.75) is 24.6 Å². The highest BCUT2D eigenvalue weighted by Crippen LogP contribution is 2.32. The van der Waals surface area contributed by atoms with E-state index < -0.39 is 0 Å². The minimum absolute atomic E-state index is 0.722. The first-order valence-corrected chi connectivity index (χ1v) is 8.81. The van der Waals surface area contributed by atoms with Crippen molar-refractivity contribution in [2.75, 3.05) is 11.9 Å². The topological polar surface area (TPSA) is 37.8 Å². The number of hydrogen-bond donors (Lipinski definition) is 1. The zero-order chi connectivity index (χ0) is 14.7. The van der Waals surface area contributed by atoms with Crippen LogP contribution in [0, 0.1) is 6.92 Å². The van der Waals surface area contributed by atoms with Gasteiger partial charge in [-0.15, -0.1) is 23.1 Å². The van der Waals surface area contributed by atoms with Crippen LogP contribution in [0.3, 0.4) is 0 Å². The fraction of sp³-hybridized carbons (Fsp3) is 0.250. The summed E-state index contributed by atoms with van der Waals surface area (Å²) in [6.45, 7) is 5.04. The van der Waals surface area contributed by atoms with E-state index in [0.29, 0.717) is 0 Å². The summed E-state index contributed by atoms with van der Waals surface area (Å²) in [7, 11) is 0. The second-order valence-corrected chi connectivity index (χ2v) is 6.60. The number of aromatic nitrogens is 2. The van der Waals surface area contributed by atoms with Crippen molar-refractivity contribution in [3.05, 3.63) is 46.8 Å². The fourth-order valence-corrected chi connectivity index (χ4v) is 4.01. The molecule has 0 aliphatic rings. The molecule has 2 aromatic heterocycles. The molecule has 1 N–H and O–H groups in total. The number of benzene rings is 1. The maximum Gasteiger partial charge on any atom is 0.225 e. The number of fused-ring (bicyclic) bond motifs is 1. The van der Waals surface area contributed by atoms with Crippen LogP contribution in [0.1, 0.15) is 18.1 Å². The Kier molecular flexibility index (Phi) is 4.41. The van der Waals surface area contributed by atoms with Crippen LogP contribution >= 0.6 is 23.1 Å². The van der Waals surface area contributed by atoms with Crippen molar-refractivity contribution in [1.29, 1.82) is 0 Å². The molecule has 1 aromatic carbocycles. The second kappa shape index (κ2) is 6.45. The van der Waals surface area contributed by atoms with E-state index in [1.54, 1.807) is 23.1 Å². The Balaban J connectivity index is 1.89. The van der Waals surface area contributed by atoms with Crippen molar-refractivity contribution in [3.8, 4) is 0 Å². The normalized spacial score (nSPS) is 11.0. The van der Waals surface area contributed by atoms with E-state index in [1.807, 2.05) is 0 Å². The fourth-order valence-electron chi connectivity index (χ4n) is 2.09. The lowest BCUT2D eigenvalue weighted by molar-refractivity contribution is 1.05. The van der Waals surface area contributed by atoms with Gasteiger partial charge in [0.1, 0.15) is 9.86 Å². The average molecular weight is 315 g/mol. The van der Waals surface area contributed by atoms with Gasteiger partial charge >= 0.3 is 0 Å². The van der Waals surface area contributed by atoms with Gasteiger partial charge < -0.3 is 5.32 Å².